The van der Waals surface area contributed by atoms with Gasteiger partial charge in [-0.2, -0.15) is 8.42 Å². The number of halogens is 1. The maximum Gasteiger partial charge on any atom is 0.340 e. The first-order valence-electron chi connectivity index (χ1n) is 11.1. The number of aryl methyl sites for hydroxylation is 1. The van der Waals surface area contributed by atoms with E-state index in [2.05, 4.69) is 0 Å². The molecule has 1 heterocycles. The number of rotatable bonds is 8. The van der Waals surface area contributed by atoms with E-state index in [-0.39, 0.29) is 33.1 Å². The number of ether oxygens (including phenoxy) is 1. The number of nitrogens with zero attached hydrogens (tertiary/aromatic N) is 1. The normalized spacial score (nSPS) is 16.6. The smallest absolute Gasteiger partial charge is 0.340 e. The van der Waals surface area contributed by atoms with Gasteiger partial charge >= 0.3 is 10.1 Å². The molecule has 180 valence electrons. The molecule has 3 rings (SSSR count). The first-order chi connectivity index (χ1) is 15.4. The number of carbonyl (C=O) groups excluding carboxylic acids is 1. The molecule has 0 unspecified atom stereocenters. The highest BCUT2D eigenvalue weighted by atomic mass is 35.5. The Labute approximate surface area is 202 Å². The van der Waals surface area contributed by atoms with Gasteiger partial charge in [0.05, 0.1) is 11.1 Å². The highest BCUT2D eigenvalue weighted by Crippen LogP contribution is 2.29. The third-order valence-corrected chi connectivity index (χ3v) is 7.25. The van der Waals surface area contributed by atoms with Crippen molar-refractivity contribution in [3.8, 4) is 5.75 Å². The first kappa shape index (κ1) is 25.5. The van der Waals surface area contributed by atoms with Crippen LogP contribution in [0.4, 0.5) is 0 Å². The molecule has 0 radical (unpaired) electrons. The van der Waals surface area contributed by atoms with Gasteiger partial charge in [-0.15, -0.1) is 0 Å². The van der Waals surface area contributed by atoms with Crippen LogP contribution < -0.4 is 4.18 Å². The molecule has 1 fully saturated rings. The largest absolute Gasteiger partial charge is 0.379 e. The van der Waals surface area contributed by atoms with E-state index in [4.69, 9.17) is 20.5 Å². The maximum atomic E-state index is 13.1. The van der Waals surface area contributed by atoms with Crippen LogP contribution in [0.3, 0.4) is 0 Å². The SMILES string of the molecule is Cc1cccc(Cl)c1S(=O)(=O)Oc1cccc(CN(C[C@@H]2CCCO2)C(=O)CC(C)(C)C)c1. The molecule has 2 aromatic carbocycles. The highest BCUT2D eigenvalue weighted by molar-refractivity contribution is 7.87. The Bertz CT molecular complexity index is 1070. The van der Waals surface area contributed by atoms with Crippen LogP contribution in [0.15, 0.2) is 47.4 Å². The highest BCUT2D eigenvalue weighted by Gasteiger charge is 2.27. The van der Waals surface area contributed by atoms with Crippen LogP contribution in [0.25, 0.3) is 0 Å². The molecule has 0 spiro atoms. The molecule has 1 aliphatic heterocycles. The second kappa shape index (κ2) is 10.5. The van der Waals surface area contributed by atoms with Crippen molar-refractivity contribution in [2.45, 2.75) is 64.5 Å². The molecule has 2 aromatic rings. The van der Waals surface area contributed by atoms with Crippen molar-refractivity contribution >= 4 is 27.6 Å². The van der Waals surface area contributed by atoms with E-state index in [1.807, 2.05) is 26.8 Å². The predicted molar refractivity (Wildman–Crippen MR) is 129 cm³/mol. The summed E-state index contributed by atoms with van der Waals surface area (Å²) in [5, 5.41) is 0.113. The van der Waals surface area contributed by atoms with Crippen molar-refractivity contribution < 1.29 is 22.1 Å². The second-order valence-corrected chi connectivity index (χ2v) is 11.6. The monoisotopic (exact) mass is 493 g/mol. The zero-order valence-corrected chi connectivity index (χ0v) is 21.2. The second-order valence-electron chi connectivity index (χ2n) is 9.72. The number of amides is 1. The van der Waals surface area contributed by atoms with E-state index >= 15 is 0 Å². The minimum atomic E-state index is -4.11. The molecule has 0 saturated carbocycles. The molecule has 0 aliphatic carbocycles. The average Bonchev–Trinajstić information content (AvgIpc) is 3.19. The fourth-order valence-corrected chi connectivity index (χ4v) is 5.59. The fraction of sp³-hybridized carbons (Fsp3) is 0.480. The van der Waals surface area contributed by atoms with Crippen LogP contribution in [0.2, 0.25) is 5.02 Å². The summed E-state index contributed by atoms with van der Waals surface area (Å²) in [7, 11) is -4.11. The molecule has 33 heavy (non-hydrogen) atoms. The number of carbonyl (C=O) groups is 1. The molecule has 0 aromatic heterocycles. The Morgan fingerprint density at radius 3 is 2.58 bits per heavy atom. The van der Waals surface area contributed by atoms with Crippen LogP contribution in [0.5, 0.6) is 5.75 Å². The summed E-state index contributed by atoms with van der Waals surface area (Å²) in [5.74, 6) is 0.218. The first-order valence-corrected chi connectivity index (χ1v) is 12.9. The summed E-state index contributed by atoms with van der Waals surface area (Å²) in [6.45, 7) is 9.34. The van der Waals surface area contributed by atoms with Gasteiger partial charge in [-0.1, -0.05) is 56.6 Å². The van der Waals surface area contributed by atoms with E-state index in [9.17, 15) is 13.2 Å². The molecule has 1 saturated heterocycles. The topological polar surface area (TPSA) is 72.9 Å². The van der Waals surface area contributed by atoms with Crippen molar-refractivity contribution in [3.63, 3.8) is 0 Å². The number of hydrogen-bond acceptors (Lipinski definition) is 5. The maximum absolute atomic E-state index is 13.1. The lowest BCUT2D eigenvalue weighted by Gasteiger charge is -2.29. The van der Waals surface area contributed by atoms with Gasteiger partial charge in [-0.25, -0.2) is 0 Å². The lowest BCUT2D eigenvalue weighted by atomic mass is 9.91. The molecule has 1 atom stereocenters. The summed E-state index contributed by atoms with van der Waals surface area (Å²) in [6, 6.07) is 11.7. The summed E-state index contributed by atoms with van der Waals surface area (Å²) in [6.07, 6.45) is 2.36. The van der Waals surface area contributed by atoms with E-state index in [1.54, 1.807) is 42.2 Å². The van der Waals surface area contributed by atoms with Gasteiger partial charge in [-0.05, 0) is 54.5 Å². The van der Waals surface area contributed by atoms with Crippen molar-refractivity contribution in [1.82, 2.24) is 4.90 Å². The third-order valence-electron chi connectivity index (χ3n) is 5.37. The van der Waals surface area contributed by atoms with E-state index < -0.39 is 10.1 Å². The molecule has 1 amide bonds. The van der Waals surface area contributed by atoms with Crippen LogP contribution in [0.1, 0.15) is 51.2 Å². The fourth-order valence-electron chi connectivity index (χ4n) is 3.87. The lowest BCUT2D eigenvalue weighted by Crippen LogP contribution is -2.38. The minimum absolute atomic E-state index is 0.0249. The van der Waals surface area contributed by atoms with Crippen molar-refractivity contribution in [2.24, 2.45) is 5.41 Å². The van der Waals surface area contributed by atoms with Crippen LogP contribution in [-0.2, 0) is 26.2 Å². The standard InChI is InChI=1S/C25H32ClNO5S/c1-18-8-5-12-22(26)24(18)33(29,30)32-20-10-6-9-19(14-20)16-27(17-21-11-7-13-31-21)23(28)15-25(2,3)4/h5-6,8-10,12,14,21H,7,11,13,15-17H2,1-4H3/t21-/m0/s1. The Morgan fingerprint density at radius 2 is 1.94 bits per heavy atom. The van der Waals surface area contributed by atoms with Crippen LogP contribution in [0, 0.1) is 12.3 Å². The van der Waals surface area contributed by atoms with Gasteiger partial charge < -0.3 is 13.8 Å². The Balaban J connectivity index is 1.80. The Hall–Kier alpha value is -2.09. The average molecular weight is 494 g/mol. The van der Waals surface area contributed by atoms with E-state index in [1.165, 1.54) is 6.07 Å². The molecular weight excluding hydrogens is 462 g/mol. The van der Waals surface area contributed by atoms with Crippen LogP contribution >= 0.6 is 11.6 Å². The predicted octanol–water partition coefficient (Wildman–Crippen LogP) is 5.36. The Morgan fingerprint density at radius 1 is 1.21 bits per heavy atom. The van der Waals surface area contributed by atoms with Crippen LogP contribution in [-0.4, -0.2) is 38.5 Å². The van der Waals surface area contributed by atoms with Crippen molar-refractivity contribution in [2.75, 3.05) is 13.2 Å². The van der Waals surface area contributed by atoms with Gasteiger partial charge in [0.15, 0.2) is 0 Å². The van der Waals surface area contributed by atoms with Crippen molar-refractivity contribution in [3.05, 3.63) is 58.6 Å². The van der Waals surface area contributed by atoms with Gasteiger partial charge in [0.25, 0.3) is 0 Å². The lowest BCUT2D eigenvalue weighted by molar-refractivity contribution is -0.135. The molecule has 6 nitrogen and oxygen atoms in total. The number of benzene rings is 2. The van der Waals surface area contributed by atoms with E-state index in [0.29, 0.717) is 31.7 Å². The zero-order valence-electron chi connectivity index (χ0n) is 19.6. The van der Waals surface area contributed by atoms with Gasteiger partial charge in [-0.3, -0.25) is 4.79 Å². The van der Waals surface area contributed by atoms with Gasteiger partial charge in [0.1, 0.15) is 10.6 Å². The quantitative estimate of drug-likeness (QED) is 0.463. The summed E-state index contributed by atoms with van der Waals surface area (Å²) in [5.41, 5.74) is 1.14. The third kappa shape index (κ3) is 7.19. The number of hydrogen-bond donors (Lipinski definition) is 0. The molecule has 0 bridgehead atoms. The van der Waals surface area contributed by atoms with Gasteiger partial charge in [0.2, 0.25) is 5.91 Å². The summed E-state index contributed by atoms with van der Waals surface area (Å²) >= 11 is 6.13. The molecule has 1 aliphatic rings. The molecule has 8 heteroatoms. The summed E-state index contributed by atoms with van der Waals surface area (Å²) in [4.78, 5) is 14.8. The zero-order chi connectivity index (χ0) is 24.2. The summed E-state index contributed by atoms with van der Waals surface area (Å²) < 4.78 is 36.9. The molecule has 0 N–H and O–H groups in total. The van der Waals surface area contributed by atoms with E-state index in [0.717, 1.165) is 18.4 Å². The molecular formula is C25H32ClNO5S. The Kier molecular flexibility index (Phi) is 8.08. The van der Waals surface area contributed by atoms with Gasteiger partial charge in [0, 0.05) is 26.1 Å². The van der Waals surface area contributed by atoms with Crippen molar-refractivity contribution in [1.29, 1.82) is 0 Å². The minimum Gasteiger partial charge on any atom is -0.379 e.